The Balaban J connectivity index is 1.30. The molecule has 1 saturated carbocycles. The molecule has 2 aliphatic rings. The maximum atomic E-state index is 13.7. The maximum absolute atomic E-state index is 13.7. The lowest BCUT2D eigenvalue weighted by molar-refractivity contribution is 0.0909. The summed E-state index contributed by atoms with van der Waals surface area (Å²) in [6, 6.07) is 16.6. The number of nitrogens with one attached hydrogen (secondary N) is 2. The quantitative estimate of drug-likeness (QED) is 0.232. The van der Waals surface area contributed by atoms with Crippen molar-refractivity contribution in [3.63, 3.8) is 0 Å². The molecule has 42 heavy (non-hydrogen) atoms. The van der Waals surface area contributed by atoms with Gasteiger partial charge in [0.2, 0.25) is 0 Å². The fourth-order valence-corrected chi connectivity index (χ4v) is 6.73. The molecule has 2 N–H and O–H groups in total. The first-order valence-electron chi connectivity index (χ1n) is 14.8. The number of imidazole rings is 1. The van der Waals surface area contributed by atoms with Crippen LogP contribution in [0.15, 0.2) is 54.6 Å². The van der Waals surface area contributed by atoms with Crippen LogP contribution in [0.5, 0.6) is 11.5 Å². The molecular formula is C34H35FN4O3. The van der Waals surface area contributed by atoms with E-state index in [4.69, 9.17) is 9.47 Å². The summed E-state index contributed by atoms with van der Waals surface area (Å²) in [5, 5.41) is 4.35. The Kier molecular flexibility index (Phi) is 6.44. The molecule has 0 atom stereocenters. The third-order valence-corrected chi connectivity index (χ3v) is 8.86. The molecular weight excluding hydrogens is 531 g/mol. The van der Waals surface area contributed by atoms with E-state index in [1.165, 1.54) is 48.0 Å². The lowest BCUT2D eigenvalue weighted by Gasteiger charge is -2.24. The molecule has 0 saturated heterocycles. The third-order valence-electron chi connectivity index (χ3n) is 8.86. The average Bonchev–Trinajstić information content (AvgIpc) is 3.50. The first-order valence-corrected chi connectivity index (χ1v) is 14.8. The number of amides is 1. The number of fused-ring (bicyclic) bond motifs is 6. The van der Waals surface area contributed by atoms with E-state index >= 15 is 0 Å². The number of rotatable bonds is 5. The highest BCUT2D eigenvalue weighted by molar-refractivity contribution is 6.01. The summed E-state index contributed by atoms with van der Waals surface area (Å²) < 4.78 is 27.8. The Hall–Kier alpha value is -4.33. The first kappa shape index (κ1) is 26.6. The second-order valence-corrected chi connectivity index (χ2v) is 12.0. The molecule has 1 amide bonds. The number of carbonyl (C=O) groups excluding carboxylic acids is 1. The van der Waals surface area contributed by atoms with E-state index in [0.29, 0.717) is 36.0 Å². The topological polar surface area (TPSA) is 81.2 Å². The molecule has 0 radical (unpaired) electrons. The molecule has 0 bridgehead atoms. The number of methoxy groups -OCH3 is 1. The minimum atomic E-state index is -0.809. The van der Waals surface area contributed by atoms with Crippen LogP contribution in [0.25, 0.3) is 33.2 Å². The Bertz CT molecular complexity index is 1830. The molecule has 2 aromatic heterocycles. The fraction of sp³-hybridized carbons (Fsp3) is 0.353. The van der Waals surface area contributed by atoms with E-state index in [9.17, 15) is 9.18 Å². The summed E-state index contributed by atoms with van der Waals surface area (Å²) in [5.74, 6) is 2.09. The maximum Gasteiger partial charge on any atom is 0.252 e. The molecule has 1 fully saturated rings. The van der Waals surface area contributed by atoms with Crippen LogP contribution < -0.4 is 14.8 Å². The molecule has 1 aliphatic carbocycles. The average molecular weight is 567 g/mol. The summed E-state index contributed by atoms with van der Waals surface area (Å²) in [5.41, 5.74) is 5.69. The summed E-state index contributed by atoms with van der Waals surface area (Å²) in [4.78, 5) is 21.5. The van der Waals surface area contributed by atoms with Crippen molar-refractivity contribution in [2.45, 2.75) is 64.0 Å². The van der Waals surface area contributed by atoms with E-state index in [1.54, 1.807) is 13.2 Å². The zero-order valence-electron chi connectivity index (χ0n) is 24.2. The minimum absolute atomic E-state index is 0.196. The lowest BCUT2D eigenvalue weighted by Crippen LogP contribution is -2.41. The Morgan fingerprint density at radius 3 is 2.74 bits per heavy atom. The summed E-state index contributed by atoms with van der Waals surface area (Å²) >= 11 is 0. The van der Waals surface area contributed by atoms with Crippen LogP contribution >= 0.6 is 0 Å². The molecule has 1 aliphatic heterocycles. The molecule has 3 heterocycles. The van der Waals surface area contributed by atoms with Crippen molar-refractivity contribution in [3.8, 4) is 22.8 Å². The van der Waals surface area contributed by atoms with Gasteiger partial charge in [0.15, 0.2) is 0 Å². The number of hydrogen-bond donors (Lipinski definition) is 2. The van der Waals surface area contributed by atoms with Crippen molar-refractivity contribution in [1.82, 2.24) is 19.9 Å². The van der Waals surface area contributed by atoms with Crippen molar-refractivity contribution in [3.05, 3.63) is 77.4 Å². The van der Waals surface area contributed by atoms with Crippen molar-refractivity contribution in [2.75, 3.05) is 13.7 Å². The normalized spacial score (nSPS) is 15.6. The molecule has 0 unspecified atom stereocenters. The highest BCUT2D eigenvalue weighted by Crippen LogP contribution is 2.47. The fourth-order valence-electron chi connectivity index (χ4n) is 6.73. The standard InChI is InChI=1S/C34H35FN4O3/c1-34(2,33-36-26-14-10-22(35)18-27(26)37-33)38-32(40)21-9-12-24-28(17-21)39-15-16-42-29-19-23(41-3)11-13-25(29)31(39)30(24)20-7-5-4-6-8-20/h9-14,17-20H,4-8,15-16H2,1-3H3,(H,36,37)(H,38,40). The third kappa shape index (κ3) is 4.49. The van der Waals surface area contributed by atoms with Crippen molar-refractivity contribution >= 4 is 27.8 Å². The van der Waals surface area contributed by atoms with E-state index in [0.717, 1.165) is 40.9 Å². The van der Waals surface area contributed by atoms with Gasteiger partial charge in [-0.15, -0.1) is 0 Å². The minimum Gasteiger partial charge on any atom is -0.497 e. The van der Waals surface area contributed by atoms with Crippen molar-refractivity contribution in [2.24, 2.45) is 0 Å². The number of carbonyl (C=O) groups is 1. The summed E-state index contributed by atoms with van der Waals surface area (Å²) in [6.07, 6.45) is 6.06. The highest BCUT2D eigenvalue weighted by Gasteiger charge is 2.31. The molecule has 5 aromatic rings. The first-order chi connectivity index (χ1) is 20.3. The molecule has 3 aromatic carbocycles. The molecule has 8 heteroatoms. The van der Waals surface area contributed by atoms with Gasteiger partial charge in [-0.05, 0) is 74.6 Å². The number of aromatic amines is 1. The van der Waals surface area contributed by atoms with E-state index < -0.39 is 5.54 Å². The van der Waals surface area contributed by atoms with E-state index in [2.05, 4.69) is 32.0 Å². The molecule has 0 spiro atoms. The second kappa shape index (κ2) is 10.2. The van der Waals surface area contributed by atoms with Crippen molar-refractivity contribution in [1.29, 1.82) is 0 Å². The summed E-state index contributed by atoms with van der Waals surface area (Å²) in [6.45, 7) is 4.99. The Labute approximate surface area is 244 Å². The van der Waals surface area contributed by atoms with Gasteiger partial charge in [0.25, 0.3) is 5.91 Å². The van der Waals surface area contributed by atoms with Gasteiger partial charge in [-0.3, -0.25) is 4.79 Å². The van der Waals surface area contributed by atoms with Gasteiger partial charge in [0, 0.05) is 34.2 Å². The monoisotopic (exact) mass is 566 g/mol. The van der Waals surface area contributed by atoms with Gasteiger partial charge in [-0.1, -0.05) is 25.3 Å². The van der Waals surface area contributed by atoms with Crippen LogP contribution in [-0.2, 0) is 12.1 Å². The van der Waals surface area contributed by atoms with Crippen molar-refractivity contribution < 1.29 is 18.7 Å². The number of aromatic nitrogens is 3. The van der Waals surface area contributed by atoms with Gasteiger partial charge in [-0.2, -0.15) is 0 Å². The predicted octanol–water partition coefficient (Wildman–Crippen LogP) is 7.44. The van der Waals surface area contributed by atoms with Gasteiger partial charge >= 0.3 is 0 Å². The van der Waals surface area contributed by atoms with E-state index in [-0.39, 0.29) is 11.7 Å². The van der Waals surface area contributed by atoms with E-state index in [1.807, 2.05) is 38.1 Å². The van der Waals surface area contributed by atoms with Gasteiger partial charge in [0.1, 0.15) is 29.7 Å². The largest absolute Gasteiger partial charge is 0.497 e. The van der Waals surface area contributed by atoms with Crippen LogP contribution in [-0.4, -0.2) is 34.2 Å². The number of halogens is 1. The van der Waals surface area contributed by atoms with Crippen LogP contribution in [0.4, 0.5) is 4.39 Å². The number of ether oxygens (including phenoxy) is 2. The zero-order chi connectivity index (χ0) is 29.0. The Morgan fingerprint density at radius 1 is 1.10 bits per heavy atom. The van der Waals surface area contributed by atoms with Crippen LogP contribution in [0.3, 0.4) is 0 Å². The Morgan fingerprint density at radius 2 is 1.93 bits per heavy atom. The summed E-state index contributed by atoms with van der Waals surface area (Å²) in [7, 11) is 1.67. The predicted molar refractivity (Wildman–Crippen MR) is 162 cm³/mol. The molecule has 216 valence electrons. The van der Waals surface area contributed by atoms with Gasteiger partial charge in [-0.25, -0.2) is 9.37 Å². The molecule has 7 rings (SSSR count). The highest BCUT2D eigenvalue weighted by atomic mass is 19.1. The van der Waals surface area contributed by atoms with Crippen LogP contribution in [0.2, 0.25) is 0 Å². The lowest BCUT2D eigenvalue weighted by atomic mass is 9.81. The van der Waals surface area contributed by atoms with Crippen LogP contribution in [0, 0.1) is 5.82 Å². The number of nitrogens with zero attached hydrogens (tertiary/aromatic N) is 2. The number of benzene rings is 3. The number of H-pyrrole nitrogens is 1. The second-order valence-electron chi connectivity index (χ2n) is 12.0. The zero-order valence-corrected chi connectivity index (χ0v) is 24.2. The number of hydrogen-bond acceptors (Lipinski definition) is 4. The van der Waals surface area contributed by atoms with Gasteiger partial charge in [0.05, 0.1) is 35.9 Å². The van der Waals surface area contributed by atoms with Crippen LogP contribution in [0.1, 0.15) is 73.6 Å². The molecule has 7 nitrogen and oxygen atoms in total. The van der Waals surface area contributed by atoms with Gasteiger partial charge < -0.3 is 24.3 Å². The smallest absolute Gasteiger partial charge is 0.252 e. The SMILES string of the molecule is COc1ccc2c(c1)OCCn1c-2c(C2CCCCC2)c2ccc(C(=O)NC(C)(C)c3nc4cc(F)ccc4[nH]3)cc21.